The van der Waals surface area contributed by atoms with Crippen molar-refractivity contribution in [2.75, 3.05) is 0 Å². The van der Waals surface area contributed by atoms with Gasteiger partial charge in [-0.2, -0.15) is 0 Å². The summed E-state index contributed by atoms with van der Waals surface area (Å²) in [6, 6.07) is 6.15. The molecule has 1 rings (SSSR count). The zero-order valence-electron chi connectivity index (χ0n) is 9.63. The Morgan fingerprint density at radius 3 is 1.67 bits per heavy atom. The number of amides is 3. The van der Waals surface area contributed by atoms with Crippen LogP contribution in [0, 0.1) is 0 Å². The van der Waals surface area contributed by atoms with Gasteiger partial charge in [0.05, 0.1) is 5.56 Å². The van der Waals surface area contributed by atoms with Crippen molar-refractivity contribution in [3.8, 4) is 5.75 Å². The van der Waals surface area contributed by atoms with Crippen molar-refractivity contribution in [1.29, 1.82) is 0 Å². The largest absolute Gasteiger partial charge is 0.507 e. The second-order valence-electron chi connectivity index (χ2n) is 3.31. The highest BCUT2D eigenvalue weighted by molar-refractivity contribution is 5.95. The van der Waals surface area contributed by atoms with Gasteiger partial charge in [-0.1, -0.05) is 12.1 Å². The normalized spacial score (nSPS) is 8.89. The van der Waals surface area contributed by atoms with Gasteiger partial charge in [0.2, 0.25) is 11.8 Å². The quantitative estimate of drug-likeness (QED) is 0.557. The maximum atomic E-state index is 10.5. The molecule has 0 aliphatic rings. The van der Waals surface area contributed by atoms with Crippen LogP contribution in [-0.4, -0.2) is 22.8 Å². The van der Waals surface area contributed by atoms with E-state index in [0.717, 1.165) is 0 Å². The van der Waals surface area contributed by atoms with Crippen molar-refractivity contribution in [1.82, 2.24) is 0 Å². The number of carbonyl (C=O) groups excluding carboxylic acids is 3. The molecule has 98 valence electrons. The van der Waals surface area contributed by atoms with Crippen molar-refractivity contribution in [2.24, 2.45) is 17.2 Å². The Kier molecular flexibility index (Phi) is 6.57. The highest BCUT2D eigenvalue weighted by Gasteiger charge is 2.03. The summed E-state index contributed by atoms with van der Waals surface area (Å²) in [6.45, 7) is 0. The number of aromatic hydroxyl groups is 1. The number of phenols is 1. The Hall–Kier alpha value is -2.57. The van der Waals surface area contributed by atoms with Crippen LogP contribution in [0.1, 0.15) is 23.2 Å². The average molecular weight is 253 g/mol. The van der Waals surface area contributed by atoms with Crippen LogP contribution >= 0.6 is 0 Å². The van der Waals surface area contributed by atoms with Crippen molar-refractivity contribution in [2.45, 2.75) is 12.8 Å². The molecule has 1 aromatic rings. The molecule has 0 spiro atoms. The van der Waals surface area contributed by atoms with Crippen LogP contribution in [0.2, 0.25) is 0 Å². The third-order valence-electron chi connectivity index (χ3n) is 1.79. The van der Waals surface area contributed by atoms with Gasteiger partial charge in [0.1, 0.15) is 5.75 Å². The minimum absolute atomic E-state index is 0.0509. The topological polar surface area (TPSA) is 150 Å². The number of benzene rings is 1. The molecule has 18 heavy (non-hydrogen) atoms. The molecule has 1 aromatic carbocycles. The fourth-order valence-electron chi connectivity index (χ4n) is 0.928. The minimum atomic E-state index is -0.613. The standard InChI is InChI=1S/C7H7NO2.C4H8N2O2/c8-7(10)5-3-1-2-4-6(5)9;5-3(7)1-2-4(6)8/h1-4,9H,(H2,8,10);1-2H2,(H2,5,7)(H2,6,8). The molecule has 0 saturated heterocycles. The van der Waals surface area contributed by atoms with Crippen LogP contribution in [-0.2, 0) is 9.59 Å². The number of carbonyl (C=O) groups is 3. The van der Waals surface area contributed by atoms with Gasteiger partial charge in [-0.25, -0.2) is 0 Å². The number of hydrogen-bond donors (Lipinski definition) is 4. The van der Waals surface area contributed by atoms with Crippen LogP contribution in [0.15, 0.2) is 24.3 Å². The SMILES string of the molecule is NC(=O)CCC(N)=O.NC(=O)c1ccccc1O. The Morgan fingerprint density at radius 2 is 1.39 bits per heavy atom. The molecular weight excluding hydrogens is 238 g/mol. The highest BCUT2D eigenvalue weighted by atomic mass is 16.3. The van der Waals surface area contributed by atoms with Crippen LogP contribution in [0.3, 0.4) is 0 Å². The van der Waals surface area contributed by atoms with Gasteiger partial charge in [-0.15, -0.1) is 0 Å². The molecular formula is C11H15N3O4. The van der Waals surface area contributed by atoms with Gasteiger partial charge in [0, 0.05) is 12.8 Å². The van der Waals surface area contributed by atoms with E-state index >= 15 is 0 Å². The van der Waals surface area contributed by atoms with E-state index in [4.69, 9.17) is 22.3 Å². The fourth-order valence-corrected chi connectivity index (χ4v) is 0.928. The lowest BCUT2D eigenvalue weighted by atomic mass is 10.2. The summed E-state index contributed by atoms with van der Waals surface area (Å²) in [5.74, 6) is -1.68. The van der Waals surface area contributed by atoms with E-state index in [9.17, 15) is 14.4 Å². The Labute approximate surface area is 104 Å². The molecule has 0 unspecified atom stereocenters. The molecule has 0 heterocycles. The van der Waals surface area contributed by atoms with Gasteiger partial charge in [0.25, 0.3) is 5.91 Å². The first-order chi connectivity index (χ1) is 8.34. The number of nitrogens with two attached hydrogens (primary N) is 3. The Bertz CT molecular complexity index is 432. The van der Waals surface area contributed by atoms with Gasteiger partial charge in [-0.05, 0) is 12.1 Å². The van der Waals surface area contributed by atoms with E-state index in [0.29, 0.717) is 0 Å². The van der Waals surface area contributed by atoms with Crippen LogP contribution < -0.4 is 17.2 Å². The average Bonchev–Trinajstić information content (AvgIpc) is 2.27. The Morgan fingerprint density at radius 1 is 0.944 bits per heavy atom. The monoisotopic (exact) mass is 253 g/mol. The summed E-state index contributed by atoms with van der Waals surface area (Å²) in [6.07, 6.45) is 0.102. The minimum Gasteiger partial charge on any atom is -0.507 e. The molecule has 7 nitrogen and oxygen atoms in total. The lowest BCUT2D eigenvalue weighted by molar-refractivity contribution is -0.123. The number of primary amides is 3. The van der Waals surface area contributed by atoms with Crippen LogP contribution in [0.4, 0.5) is 0 Å². The van der Waals surface area contributed by atoms with Gasteiger partial charge in [0.15, 0.2) is 0 Å². The molecule has 0 bridgehead atoms. The number of para-hydroxylation sites is 1. The molecule has 3 amide bonds. The second-order valence-corrected chi connectivity index (χ2v) is 3.31. The van der Waals surface area contributed by atoms with E-state index < -0.39 is 17.7 Å². The Balaban J connectivity index is 0.000000331. The lowest BCUT2D eigenvalue weighted by Crippen LogP contribution is -2.16. The zero-order chi connectivity index (χ0) is 14.1. The predicted octanol–water partition coefficient (Wildman–Crippen LogP) is -0.772. The lowest BCUT2D eigenvalue weighted by Gasteiger charge is -1.96. The molecule has 0 saturated carbocycles. The summed E-state index contributed by atoms with van der Waals surface area (Å²) in [5, 5.41) is 8.98. The number of rotatable bonds is 4. The smallest absolute Gasteiger partial charge is 0.252 e. The zero-order valence-corrected chi connectivity index (χ0v) is 9.63. The van der Waals surface area contributed by atoms with E-state index in [1.54, 1.807) is 12.1 Å². The summed E-state index contributed by atoms with van der Waals surface area (Å²) in [4.78, 5) is 30.3. The van der Waals surface area contributed by atoms with Crippen molar-refractivity contribution >= 4 is 17.7 Å². The van der Waals surface area contributed by atoms with Gasteiger partial charge < -0.3 is 22.3 Å². The van der Waals surface area contributed by atoms with Crippen LogP contribution in [0.5, 0.6) is 5.75 Å². The molecule has 0 aliphatic heterocycles. The maximum absolute atomic E-state index is 10.5. The van der Waals surface area contributed by atoms with Gasteiger partial charge in [-0.3, -0.25) is 14.4 Å². The maximum Gasteiger partial charge on any atom is 0.252 e. The fraction of sp³-hybridized carbons (Fsp3) is 0.182. The number of hydrogen-bond acceptors (Lipinski definition) is 4. The third kappa shape index (κ3) is 6.83. The molecule has 0 radical (unpaired) electrons. The summed E-state index contributed by atoms with van der Waals surface area (Å²) >= 11 is 0. The highest BCUT2D eigenvalue weighted by Crippen LogP contribution is 2.13. The predicted molar refractivity (Wildman–Crippen MR) is 64.2 cm³/mol. The molecule has 7 N–H and O–H groups in total. The second kappa shape index (κ2) is 7.66. The summed E-state index contributed by atoms with van der Waals surface area (Å²) in [7, 11) is 0. The van der Waals surface area contributed by atoms with Crippen molar-refractivity contribution < 1.29 is 19.5 Å². The van der Waals surface area contributed by atoms with E-state index in [-0.39, 0.29) is 24.2 Å². The first kappa shape index (κ1) is 15.4. The van der Waals surface area contributed by atoms with E-state index in [1.165, 1.54) is 12.1 Å². The summed E-state index contributed by atoms with van der Waals surface area (Å²) in [5.41, 5.74) is 14.5. The third-order valence-corrected chi connectivity index (χ3v) is 1.79. The summed E-state index contributed by atoms with van der Waals surface area (Å²) < 4.78 is 0. The molecule has 0 aliphatic carbocycles. The van der Waals surface area contributed by atoms with E-state index in [2.05, 4.69) is 0 Å². The first-order valence-corrected chi connectivity index (χ1v) is 4.99. The molecule has 0 fully saturated rings. The van der Waals surface area contributed by atoms with E-state index in [1.807, 2.05) is 0 Å². The molecule has 0 atom stereocenters. The van der Waals surface area contributed by atoms with Crippen LogP contribution in [0.25, 0.3) is 0 Å². The molecule has 7 heteroatoms. The molecule has 0 aromatic heterocycles. The van der Waals surface area contributed by atoms with Crippen molar-refractivity contribution in [3.63, 3.8) is 0 Å². The van der Waals surface area contributed by atoms with Crippen molar-refractivity contribution in [3.05, 3.63) is 29.8 Å². The first-order valence-electron chi connectivity index (χ1n) is 4.99. The van der Waals surface area contributed by atoms with Gasteiger partial charge >= 0.3 is 0 Å².